The van der Waals surface area contributed by atoms with Crippen LogP contribution < -0.4 is 4.74 Å². The summed E-state index contributed by atoms with van der Waals surface area (Å²) < 4.78 is 7.05. The van der Waals surface area contributed by atoms with Gasteiger partial charge in [-0.3, -0.25) is 4.68 Å². The molecule has 0 aliphatic rings. The van der Waals surface area contributed by atoms with Gasteiger partial charge in [-0.25, -0.2) is 4.98 Å². The molecule has 22 heavy (non-hydrogen) atoms. The van der Waals surface area contributed by atoms with Crippen LogP contribution in [0.25, 0.3) is 11.3 Å². The zero-order valence-electron chi connectivity index (χ0n) is 12.4. The first-order valence-corrected chi connectivity index (χ1v) is 8.20. The van der Waals surface area contributed by atoms with Crippen LogP contribution in [0.3, 0.4) is 0 Å². The van der Waals surface area contributed by atoms with Gasteiger partial charge in [-0.2, -0.15) is 5.10 Å². The topological polar surface area (TPSA) is 39.9 Å². The standard InChI is InChI=1S/C16H16ClN3OS/c1-11(20-9-13(17)8-18-20)7-16-19-15(10-22-16)12-3-5-14(21-2)6-4-12/h3-6,8-11H,7H2,1-2H3/t11-/m0/s1. The van der Waals surface area contributed by atoms with Crippen LogP contribution in [0.5, 0.6) is 5.75 Å². The molecule has 3 aromatic rings. The highest BCUT2D eigenvalue weighted by Crippen LogP contribution is 2.26. The second kappa shape index (κ2) is 6.50. The van der Waals surface area contributed by atoms with Crippen molar-refractivity contribution >= 4 is 22.9 Å². The predicted octanol–water partition coefficient (Wildman–Crippen LogP) is 4.47. The number of nitrogens with zero attached hydrogens (tertiary/aromatic N) is 3. The van der Waals surface area contributed by atoms with Crippen molar-refractivity contribution in [2.24, 2.45) is 0 Å². The number of aromatic nitrogens is 3. The molecule has 1 aromatic carbocycles. The van der Waals surface area contributed by atoms with E-state index in [-0.39, 0.29) is 6.04 Å². The Bertz CT molecular complexity index is 751. The number of thiazole rings is 1. The van der Waals surface area contributed by atoms with E-state index in [1.165, 1.54) is 0 Å². The molecule has 0 bridgehead atoms. The zero-order chi connectivity index (χ0) is 15.5. The van der Waals surface area contributed by atoms with Crippen LogP contribution in [0.4, 0.5) is 0 Å². The lowest BCUT2D eigenvalue weighted by atomic mass is 10.2. The summed E-state index contributed by atoms with van der Waals surface area (Å²) in [4.78, 5) is 4.71. The first-order chi connectivity index (χ1) is 10.7. The Morgan fingerprint density at radius 2 is 2.09 bits per heavy atom. The van der Waals surface area contributed by atoms with Gasteiger partial charge in [-0.15, -0.1) is 11.3 Å². The second-order valence-electron chi connectivity index (χ2n) is 5.05. The Balaban J connectivity index is 1.72. The number of halogens is 1. The first-order valence-electron chi connectivity index (χ1n) is 6.94. The van der Waals surface area contributed by atoms with Gasteiger partial charge in [0.15, 0.2) is 0 Å². The minimum Gasteiger partial charge on any atom is -0.497 e. The van der Waals surface area contributed by atoms with Crippen molar-refractivity contribution in [3.05, 3.63) is 52.1 Å². The highest BCUT2D eigenvalue weighted by Gasteiger charge is 2.11. The molecule has 0 aliphatic heterocycles. The van der Waals surface area contributed by atoms with Gasteiger partial charge in [0.2, 0.25) is 0 Å². The SMILES string of the molecule is COc1ccc(-c2csc(C[C@H](C)n3cc(Cl)cn3)n2)cc1. The predicted molar refractivity (Wildman–Crippen MR) is 89.8 cm³/mol. The molecule has 0 amide bonds. The number of benzene rings is 1. The molecular formula is C16H16ClN3OS. The van der Waals surface area contributed by atoms with E-state index in [2.05, 4.69) is 17.4 Å². The average Bonchev–Trinajstić information content (AvgIpc) is 3.16. The minimum absolute atomic E-state index is 0.224. The van der Waals surface area contributed by atoms with E-state index < -0.39 is 0 Å². The van der Waals surface area contributed by atoms with Crippen LogP contribution in [-0.4, -0.2) is 21.9 Å². The number of hydrogen-bond donors (Lipinski definition) is 0. The number of methoxy groups -OCH3 is 1. The van der Waals surface area contributed by atoms with Crippen LogP contribution in [-0.2, 0) is 6.42 Å². The molecular weight excluding hydrogens is 318 g/mol. The monoisotopic (exact) mass is 333 g/mol. The summed E-state index contributed by atoms with van der Waals surface area (Å²) in [7, 11) is 1.67. The molecule has 4 nitrogen and oxygen atoms in total. The van der Waals surface area contributed by atoms with E-state index in [1.54, 1.807) is 24.6 Å². The van der Waals surface area contributed by atoms with Crippen molar-refractivity contribution < 1.29 is 4.74 Å². The highest BCUT2D eigenvalue weighted by molar-refractivity contribution is 7.09. The lowest BCUT2D eigenvalue weighted by Gasteiger charge is -2.09. The van der Waals surface area contributed by atoms with E-state index in [0.29, 0.717) is 5.02 Å². The summed E-state index contributed by atoms with van der Waals surface area (Å²) in [5.74, 6) is 0.850. The van der Waals surface area contributed by atoms with Crippen molar-refractivity contribution in [2.45, 2.75) is 19.4 Å². The summed E-state index contributed by atoms with van der Waals surface area (Å²) >= 11 is 7.58. The van der Waals surface area contributed by atoms with Gasteiger partial charge in [-0.1, -0.05) is 11.6 Å². The van der Waals surface area contributed by atoms with Crippen LogP contribution in [0.2, 0.25) is 5.02 Å². The number of hydrogen-bond acceptors (Lipinski definition) is 4. The smallest absolute Gasteiger partial charge is 0.118 e. The molecule has 2 heterocycles. The summed E-state index contributed by atoms with van der Waals surface area (Å²) in [6, 6.07) is 8.16. The molecule has 1 atom stereocenters. The van der Waals surface area contributed by atoms with E-state index in [9.17, 15) is 0 Å². The molecule has 0 saturated heterocycles. The van der Waals surface area contributed by atoms with Gasteiger partial charge in [0.1, 0.15) is 5.75 Å². The largest absolute Gasteiger partial charge is 0.497 e. The molecule has 0 unspecified atom stereocenters. The normalized spacial score (nSPS) is 12.3. The fraction of sp³-hybridized carbons (Fsp3) is 0.250. The van der Waals surface area contributed by atoms with Crippen molar-refractivity contribution in [2.75, 3.05) is 7.11 Å². The highest BCUT2D eigenvalue weighted by atomic mass is 35.5. The lowest BCUT2D eigenvalue weighted by molar-refractivity contribution is 0.415. The van der Waals surface area contributed by atoms with E-state index in [4.69, 9.17) is 21.3 Å². The molecule has 0 N–H and O–H groups in total. The van der Waals surface area contributed by atoms with Crippen molar-refractivity contribution in [1.82, 2.24) is 14.8 Å². The van der Waals surface area contributed by atoms with Gasteiger partial charge in [0, 0.05) is 23.6 Å². The van der Waals surface area contributed by atoms with Gasteiger partial charge in [-0.05, 0) is 31.2 Å². The Kier molecular flexibility index (Phi) is 4.45. The molecule has 0 fully saturated rings. The third-order valence-electron chi connectivity index (χ3n) is 3.43. The van der Waals surface area contributed by atoms with Gasteiger partial charge >= 0.3 is 0 Å². The third-order valence-corrected chi connectivity index (χ3v) is 4.50. The Morgan fingerprint density at radius 3 is 2.73 bits per heavy atom. The summed E-state index contributed by atoms with van der Waals surface area (Å²) in [5, 5.41) is 8.07. The fourth-order valence-electron chi connectivity index (χ4n) is 2.20. The van der Waals surface area contributed by atoms with Gasteiger partial charge in [0.05, 0.1) is 35.1 Å². The molecule has 2 aromatic heterocycles. The summed E-state index contributed by atoms with van der Waals surface area (Å²) in [6.45, 7) is 2.11. The van der Waals surface area contributed by atoms with Crippen molar-refractivity contribution in [3.63, 3.8) is 0 Å². The molecule has 0 aliphatic carbocycles. The quantitative estimate of drug-likeness (QED) is 0.691. The fourth-order valence-corrected chi connectivity index (χ4v) is 3.27. The molecule has 0 spiro atoms. The second-order valence-corrected chi connectivity index (χ2v) is 6.43. The average molecular weight is 334 g/mol. The molecule has 6 heteroatoms. The van der Waals surface area contributed by atoms with Crippen molar-refractivity contribution in [1.29, 1.82) is 0 Å². The van der Waals surface area contributed by atoms with Crippen LogP contribution in [0, 0.1) is 0 Å². The maximum atomic E-state index is 5.91. The number of ether oxygens (including phenoxy) is 1. The number of rotatable bonds is 5. The molecule has 0 saturated carbocycles. The molecule has 0 radical (unpaired) electrons. The maximum Gasteiger partial charge on any atom is 0.118 e. The molecule has 3 rings (SSSR count). The summed E-state index contributed by atoms with van der Waals surface area (Å²) in [6.07, 6.45) is 4.33. The Morgan fingerprint density at radius 1 is 1.32 bits per heavy atom. The van der Waals surface area contributed by atoms with Crippen molar-refractivity contribution in [3.8, 4) is 17.0 Å². The van der Waals surface area contributed by atoms with Crippen LogP contribution in [0.15, 0.2) is 42.0 Å². The van der Waals surface area contributed by atoms with E-state index in [0.717, 1.165) is 28.4 Å². The maximum absolute atomic E-state index is 5.91. The third kappa shape index (κ3) is 3.31. The Labute approximate surface area is 138 Å². The summed E-state index contributed by atoms with van der Waals surface area (Å²) in [5.41, 5.74) is 2.09. The Hall–Kier alpha value is -1.85. The molecule has 114 valence electrons. The van der Waals surface area contributed by atoms with Crippen LogP contribution in [0.1, 0.15) is 18.0 Å². The zero-order valence-corrected chi connectivity index (χ0v) is 13.9. The van der Waals surface area contributed by atoms with Gasteiger partial charge in [0.25, 0.3) is 0 Å². The first kappa shape index (κ1) is 15.1. The van der Waals surface area contributed by atoms with E-state index in [1.807, 2.05) is 35.1 Å². The van der Waals surface area contributed by atoms with Gasteiger partial charge < -0.3 is 4.74 Å². The lowest BCUT2D eigenvalue weighted by Crippen LogP contribution is -2.08. The minimum atomic E-state index is 0.224. The van der Waals surface area contributed by atoms with Crippen LogP contribution >= 0.6 is 22.9 Å². The van der Waals surface area contributed by atoms with E-state index >= 15 is 0 Å².